The van der Waals surface area contributed by atoms with Crippen molar-refractivity contribution >= 4 is 39.1 Å². The normalized spacial score (nSPS) is 11.7. The molecule has 0 bridgehead atoms. The van der Waals surface area contributed by atoms with Crippen molar-refractivity contribution in [2.24, 2.45) is 0 Å². The molecule has 3 aromatic carbocycles. The van der Waals surface area contributed by atoms with Crippen molar-refractivity contribution in [1.29, 1.82) is 0 Å². The number of hydrogen-bond acceptors (Lipinski definition) is 8. The van der Waals surface area contributed by atoms with Gasteiger partial charge in [0.1, 0.15) is 24.1 Å². The zero-order valence-corrected chi connectivity index (χ0v) is 27.2. The number of anilines is 1. The summed E-state index contributed by atoms with van der Waals surface area (Å²) in [4.78, 5) is 28.4. The second-order valence-corrected chi connectivity index (χ2v) is 12.0. The summed E-state index contributed by atoms with van der Waals surface area (Å²) in [5.74, 6) is 0.0271. The van der Waals surface area contributed by atoms with Crippen LogP contribution in [0, 0.1) is 0 Å². The number of carbonyl (C=O) groups excluding carboxylic acids is 2. The Morgan fingerprint density at radius 3 is 2.09 bits per heavy atom. The molecule has 0 saturated heterocycles. The predicted octanol–water partition coefficient (Wildman–Crippen LogP) is 4.51. The molecule has 0 aliphatic carbocycles. The van der Waals surface area contributed by atoms with Gasteiger partial charge in [0.2, 0.25) is 11.8 Å². The summed E-state index contributed by atoms with van der Waals surface area (Å²) < 4.78 is 51.1. The van der Waals surface area contributed by atoms with E-state index in [-0.39, 0.29) is 34.5 Å². The first-order chi connectivity index (χ1) is 21.0. The number of nitrogens with one attached hydrogen (secondary N) is 1. The van der Waals surface area contributed by atoms with Gasteiger partial charge in [-0.25, -0.2) is 8.42 Å². The SMILES string of the molecule is CCCNC(=O)C(C)N(Cc1ccc(Cl)cc1)C(=O)CN(c1cc(OC)ccc1OC)S(=O)(=O)c1ccc(OC)c(OC)c1. The number of carbonyl (C=O) groups is 2. The lowest BCUT2D eigenvalue weighted by molar-refractivity contribution is -0.139. The molecule has 1 N–H and O–H groups in total. The standard InChI is InChI=1S/C31H38ClN3O8S/c1-7-16-33-31(37)21(2)34(19-22-8-10-23(32)11-9-22)30(36)20-35(26-17-24(40-3)12-14-27(26)41-4)44(38,39)25-13-15-28(42-5)29(18-25)43-6/h8-15,17-18,21H,7,16,19-20H2,1-6H3,(H,33,37). The third-order valence-electron chi connectivity index (χ3n) is 6.86. The van der Waals surface area contributed by atoms with Gasteiger partial charge in [0.25, 0.3) is 10.0 Å². The van der Waals surface area contributed by atoms with Gasteiger partial charge in [0.15, 0.2) is 11.5 Å². The molecule has 1 atom stereocenters. The molecule has 0 radical (unpaired) electrons. The molecule has 0 aliphatic heterocycles. The predicted molar refractivity (Wildman–Crippen MR) is 168 cm³/mol. The molecule has 0 aliphatic rings. The molecule has 0 spiro atoms. The first-order valence-electron chi connectivity index (χ1n) is 13.8. The Bertz CT molecular complexity index is 1550. The number of benzene rings is 3. The van der Waals surface area contributed by atoms with Crippen molar-refractivity contribution in [2.75, 3.05) is 45.8 Å². The van der Waals surface area contributed by atoms with Gasteiger partial charge in [-0.1, -0.05) is 30.7 Å². The number of nitrogens with zero attached hydrogens (tertiary/aromatic N) is 2. The van der Waals surface area contributed by atoms with Gasteiger partial charge < -0.3 is 29.2 Å². The minimum absolute atomic E-state index is 0.0240. The van der Waals surface area contributed by atoms with E-state index in [0.717, 1.165) is 4.31 Å². The fourth-order valence-corrected chi connectivity index (χ4v) is 5.93. The summed E-state index contributed by atoms with van der Waals surface area (Å²) in [5.41, 5.74) is 0.760. The average molecular weight is 648 g/mol. The van der Waals surface area contributed by atoms with Crippen molar-refractivity contribution in [3.05, 3.63) is 71.2 Å². The van der Waals surface area contributed by atoms with E-state index in [1.54, 1.807) is 43.3 Å². The molecule has 0 fully saturated rings. The molecule has 44 heavy (non-hydrogen) atoms. The van der Waals surface area contributed by atoms with Gasteiger partial charge in [-0.2, -0.15) is 0 Å². The van der Waals surface area contributed by atoms with E-state index in [4.69, 9.17) is 30.5 Å². The first-order valence-corrected chi connectivity index (χ1v) is 15.6. The van der Waals surface area contributed by atoms with Crippen molar-refractivity contribution in [1.82, 2.24) is 10.2 Å². The minimum Gasteiger partial charge on any atom is -0.497 e. The minimum atomic E-state index is -4.44. The van der Waals surface area contributed by atoms with Crippen molar-refractivity contribution in [2.45, 2.75) is 37.8 Å². The molecule has 11 nitrogen and oxygen atoms in total. The van der Waals surface area contributed by atoms with Crippen molar-refractivity contribution < 1.29 is 37.0 Å². The van der Waals surface area contributed by atoms with Gasteiger partial charge in [-0.05, 0) is 55.3 Å². The molecule has 13 heteroatoms. The largest absolute Gasteiger partial charge is 0.497 e. The fourth-order valence-electron chi connectivity index (χ4n) is 4.37. The Hall–Kier alpha value is -4.16. The van der Waals surface area contributed by atoms with Crippen LogP contribution in [0.1, 0.15) is 25.8 Å². The van der Waals surface area contributed by atoms with Gasteiger partial charge in [0.05, 0.1) is 39.0 Å². The second kappa shape index (κ2) is 15.5. The summed E-state index contributed by atoms with van der Waals surface area (Å²) in [6.07, 6.45) is 0.705. The zero-order chi connectivity index (χ0) is 32.4. The lowest BCUT2D eigenvalue weighted by Gasteiger charge is -2.32. The number of ether oxygens (including phenoxy) is 4. The Morgan fingerprint density at radius 1 is 0.864 bits per heavy atom. The van der Waals surface area contributed by atoms with E-state index >= 15 is 0 Å². The maximum Gasteiger partial charge on any atom is 0.265 e. The topological polar surface area (TPSA) is 124 Å². The Morgan fingerprint density at radius 2 is 1.50 bits per heavy atom. The van der Waals surface area contributed by atoms with Crippen LogP contribution in [0.4, 0.5) is 5.69 Å². The quantitative estimate of drug-likeness (QED) is 0.256. The maximum atomic E-state index is 14.3. The number of amides is 2. The van der Waals surface area contributed by atoms with Gasteiger partial charge >= 0.3 is 0 Å². The zero-order valence-electron chi connectivity index (χ0n) is 25.6. The number of methoxy groups -OCH3 is 4. The summed E-state index contributed by atoms with van der Waals surface area (Å²) in [6.45, 7) is 3.29. The van der Waals surface area contributed by atoms with E-state index in [2.05, 4.69) is 5.32 Å². The van der Waals surface area contributed by atoms with Crippen LogP contribution in [0.3, 0.4) is 0 Å². The summed E-state index contributed by atoms with van der Waals surface area (Å²) in [7, 11) is 1.21. The van der Waals surface area contributed by atoms with E-state index in [1.165, 1.54) is 57.6 Å². The average Bonchev–Trinajstić information content (AvgIpc) is 3.04. The van der Waals surface area contributed by atoms with E-state index in [1.807, 2.05) is 6.92 Å². The van der Waals surface area contributed by atoms with Gasteiger partial charge in [-0.3, -0.25) is 13.9 Å². The molecule has 0 aromatic heterocycles. The lowest BCUT2D eigenvalue weighted by Crippen LogP contribution is -2.51. The highest BCUT2D eigenvalue weighted by molar-refractivity contribution is 7.92. The van der Waals surface area contributed by atoms with E-state index in [0.29, 0.717) is 35.1 Å². The van der Waals surface area contributed by atoms with Gasteiger partial charge in [-0.15, -0.1) is 0 Å². The van der Waals surface area contributed by atoms with Crippen molar-refractivity contribution in [3.63, 3.8) is 0 Å². The number of rotatable bonds is 15. The molecule has 3 rings (SSSR count). The second-order valence-electron chi connectivity index (χ2n) is 9.68. The van der Waals surface area contributed by atoms with E-state index < -0.39 is 28.5 Å². The van der Waals surface area contributed by atoms with Crippen LogP contribution < -0.4 is 28.6 Å². The summed E-state index contributed by atoms with van der Waals surface area (Å²) in [5, 5.41) is 3.32. The Kier molecular flexibility index (Phi) is 12.1. The molecule has 2 amide bonds. The molecular formula is C31H38ClN3O8S. The van der Waals surface area contributed by atoms with E-state index in [9.17, 15) is 18.0 Å². The number of halogens is 1. The van der Waals surface area contributed by atoms with Crippen LogP contribution in [-0.4, -0.2) is 72.7 Å². The number of sulfonamides is 1. The summed E-state index contributed by atoms with van der Waals surface area (Å²) in [6, 6.07) is 14.6. The van der Waals surface area contributed by atoms with Crippen molar-refractivity contribution in [3.8, 4) is 23.0 Å². The molecule has 1 unspecified atom stereocenters. The Labute approximate surface area is 263 Å². The first kappa shape index (κ1) is 34.3. The molecule has 0 heterocycles. The van der Waals surface area contributed by atoms with Crippen LogP contribution in [0.2, 0.25) is 5.02 Å². The molecule has 0 saturated carbocycles. The molecule has 238 valence electrons. The summed E-state index contributed by atoms with van der Waals surface area (Å²) >= 11 is 6.06. The van der Waals surface area contributed by atoms with Crippen LogP contribution >= 0.6 is 11.6 Å². The highest BCUT2D eigenvalue weighted by atomic mass is 35.5. The maximum absolute atomic E-state index is 14.3. The van der Waals surface area contributed by atoms with Gasteiger partial charge in [0, 0.05) is 30.2 Å². The molecular weight excluding hydrogens is 610 g/mol. The van der Waals surface area contributed by atoms with Crippen LogP contribution in [0.5, 0.6) is 23.0 Å². The Balaban J connectivity index is 2.15. The van der Waals surface area contributed by atoms with Crippen LogP contribution in [-0.2, 0) is 26.2 Å². The monoisotopic (exact) mass is 647 g/mol. The van der Waals surface area contributed by atoms with Crippen LogP contribution in [0.25, 0.3) is 0 Å². The molecule has 3 aromatic rings. The lowest BCUT2D eigenvalue weighted by atomic mass is 10.1. The third-order valence-corrected chi connectivity index (χ3v) is 8.87. The van der Waals surface area contributed by atoms with Crippen LogP contribution in [0.15, 0.2) is 65.6 Å². The smallest absolute Gasteiger partial charge is 0.265 e. The third kappa shape index (κ3) is 8.06. The fraction of sp³-hybridized carbons (Fsp3) is 0.355. The number of hydrogen-bond donors (Lipinski definition) is 1. The highest BCUT2D eigenvalue weighted by Gasteiger charge is 2.34. The highest BCUT2D eigenvalue weighted by Crippen LogP contribution is 2.37.